The lowest BCUT2D eigenvalue weighted by Crippen LogP contribution is -2.40. The molecule has 2 aromatic carbocycles. The quantitative estimate of drug-likeness (QED) is 0.765. The Hall–Kier alpha value is -2.67. The zero-order valence-electron chi connectivity index (χ0n) is 14.1. The van der Waals surface area contributed by atoms with Crippen LogP contribution in [-0.2, 0) is 21.4 Å². The monoisotopic (exact) mass is 360 g/mol. The number of anilines is 1. The Morgan fingerprint density at radius 1 is 1.04 bits per heavy atom. The molecule has 0 spiro atoms. The van der Waals surface area contributed by atoms with Gasteiger partial charge < -0.3 is 5.32 Å². The average Bonchev–Trinajstić information content (AvgIpc) is 2.58. The number of hydrogen-bond donors (Lipinski definition) is 1. The van der Waals surface area contributed by atoms with Crippen molar-refractivity contribution in [3.05, 3.63) is 65.7 Å². The number of rotatable bonds is 7. The van der Waals surface area contributed by atoms with Crippen LogP contribution >= 0.6 is 0 Å². The Morgan fingerprint density at radius 2 is 1.72 bits per heavy atom. The van der Waals surface area contributed by atoms with Gasteiger partial charge in [-0.15, -0.1) is 0 Å². The molecule has 0 aromatic heterocycles. The van der Waals surface area contributed by atoms with Gasteiger partial charge in [0.15, 0.2) is 5.78 Å². The number of sulfonamides is 1. The normalized spacial score (nSPS) is 11.0. The van der Waals surface area contributed by atoms with Gasteiger partial charge in [-0.25, -0.2) is 8.42 Å². The van der Waals surface area contributed by atoms with Crippen LogP contribution in [0.15, 0.2) is 54.6 Å². The maximum Gasteiger partial charge on any atom is 0.241 e. The van der Waals surface area contributed by atoms with Crippen LogP contribution in [0.3, 0.4) is 0 Å². The molecule has 1 amide bonds. The number of benzene rings is 2. The van der Waals surface area contributed by atoms with Crippen molar-refractivity contribution in [2.24, 2.45) is 0 Å². The SMILES string of the molecule is CC(=O)c1cccc(N(CC(=O)NCc2ccccc2)S(C)(=O)=O)c1. The van der Waals surface area contributed by atoms with Crippen LogP contribution in [0, 0.1) is 0 Å². The molecule has 0 aliphatic rings. The van der Waals surface area contributed by atoms with Crippen LogP contribution in [0.5, 0.6) is 0 Å². The van der Waals surface area contributed by atoms with Gasteiger partial charge in [-0.1, -0.05) is 42.5 Å². The Balaban J connectivity index is 2.14. The van der Waals surface area contributed by atoms with E-state index in [4.69, 9.17) is 0 Å². The van der Waals surface area contributed by atoms with E-state index in [1.807, 2.05) is 30.3 Å². The lowest BCUT2D eigenvalue weighted by atomic mass is 10.1. The summed E-state index contributed by atoms with van der Waals surface area (Å²) >= 11 is 0. The molecule has 0 saturated carbocycles. The molecule has 0 aliphatic carbocycles. The van der Waals surface area contributed by atoms with Crippen molar-refractivity contribution in [2.45, 2.75) is 13.5 Å². The smallest absolute Gasteiger partial charge is 0.241 e. The summed E-state index contributed by atoms with van der Waals surface area (Å²) in [5, 5.41) is 2.70. The predicted molar refractivity (Wildman–Crippen MR) is 96.9 cm³/mol. The molecule has 2 aromatic rings. The molecular weight excluding hydrogens is 340 g/mol. The summed E-state index contributed by atoms with van der Waals surface area (Å²) in [4.78, 5) is 23.7. The van der Waals surface area contributed by atoms with Crippen LogP contribution in [0.1, 0.15) is 22.8 Å². The third-order valence-electron chi connectivity index (χ3n) is 3.56. The van der Waals surface area contributed by atoms with Gasteiger partial charge in [0.1, 0.15) is 6.54 Å². The first-order valence-electron chi connectivity index (χ1n) is 7.66. The van der Waals surface area contributed by atoms with E-state index in [0.717, 1.165) is 16.1 Å². The molecule has 0 radical (unpaired) electrons. The van der Waals surface area contributed by atoms with Crippen molar-refractivity contribution < 1.29 is 18.0 Å². The highest BCUT2D eigenvalue weighted by Crippen LogP contribution is 2.19. The largest absolute Gasteiger partial charge is 0.350 e. The van der Waals surface area contributed by atoms with Crippen LogP contribution < -0.4 is 9.62 Å². The number of hydrogen-bond acceptors (Lipinski definition) is 4. The lowest BCUT2D eigenvalue weighted by Gasteiger charge is -2.22. The molecule has 0 heterocycles. The van der Waals surface area contributed by atoms with Gasteiger partial charge in [0.25, 0.3) is 0 Å². The molecule has 0 saturated heterocycles. The molecule has 25 heavy (non-hydrogen) atoms. The molecular formula is C18H20N2O4S. The number of nitrogens with one attached hydrogen (secondary N) is 1. The van der Waals surface area contributed by atoms with Crippen LogP contribution in [0.4, 0.5) is 5.69 Å². The third kappa shape index (κ3) is 5.42. The summed E-state index contributed by atoms with van der Waals surface area (Å²) in [6.45, 7) is 1.36. The minimum Gasteiger partial charge on any atom is -0.350 e. The molecule has 0 unspecified atom stereocenters. The molecule has 1 N–H and O–H groups in total. The molecule has 0 bridgehead atoms. The van der Waals surface area contributed by atoms with E-state index in [2.05, 4.69) is 5.32 Å². The fourth-order valence-electron chi connectivity index (χ4n) is 2.26. The van der Waals surface area contributed by atoms with Gasteiger partial charge in [0, 0.05) is 12.1 Å². The highest BCUT2D eigenvalue weighted by molar-refractivity contribution is 7.92. The molecule has 132 valence electrons. The first-order valence-corrected chi connectivity index (χ1v) is 9.51. The summed E-state index contributed by atoms with van der Waals surface area (Å²) in [5.41, 5.74) is 1.58. The Bertz CT molecular complexity index is 864. The molecule has 6 nitrogen and oxygen atoms in total. The second-order valence-electron chi connectivity index (χ2n) is 5.64. The van der Waals surface area contributed by atoms with Gasteiger partial charge in [0.2, 0.25) is 15.9 Å². The van der Waals surface area contributed by atoms with E-state index >= 15 is 0 Å². The van der Waals surface area contributed by atoms with E-state index in [0.29, 0.717) is 12.1 Å². The van der Waals surface area contributed by atoms with Crippen molar-refractivity contribution >= 4 is 27.4 Å². The van der Waals surface area contributed by atoms with Crippen molar-refractivity contribution in [1.82, 2.24) is 5.32 Å². The Labute approximate surface area is 147 Å². The van der Waals surface area contributed by atoms with Gasteiger partial charge >= 0.3 is 0 Å². The first-order chi connectivity index (χ1) is 11.8. The van der Waals surface area contributed by atoms with E-state index in [1.165, 1.54) is 13.0 Å². The molecule has 0 atom stereocenters. The summed E-state index contributed by atoms with van der Waals surface area (Å²) < 4.78 is 25.2. The Kier molecular flexibility index (Phi) is 5.93. The third-order valence-corrected chi connectivity index (χ3v) is 4.70. The van der Waals surface area contributed by atoms with E-state index in [-0.39, 0.29) is 18.0 Å². The number of ketones is 1. The zero-order chi connectivity index (χ0) is 18.4. The number of amides is 1. The van der Waals surface area contributed by atoms with Crippen molar-refractivity contribution in [3.8, 4) is 0 Å². The summed E-state index contributed by atoms with van der Waals surface area (Å²) in [5.74, 6) is -0.605. The fourth-order valence-corrected chi connectivity index (χ4v) is 3.11. The molecule has 2 rings (SSSR count). The fraction of sp³-hybridized carbons (Fsp3) is 0.222. The van der Waals surface area contributed by atoms with Crippen LogP contribution in [-0.4, -0.2) is 32.9 Å². The van der Waals surface area contributed by atoms with Crippen molar-refractivity contribution in [1.29, 1.82) is 0 Å². The molecule has 7 heteroatoms. The van der Waals surface area contributed by atoms with Gasteiger partial charge in [-0.05, 0) is 24.6 Å². The summed E-state index contributed by atoms with van der Waals surface area (Å²) in [6.07, 6.45) is 1.03. The molecule has 0 aliphatic heterocycles. The van der Waals surface area contributed by atoms with Crippen molar-refractivity contribution in [2.75, 3.05) is 17.1 Å². The average molecular weight is 360 g/mol. The number of nitrogens with zero attached hydrogens (tertiary/aromatic N) is 1. The van der Waals surface area contributed by atoms with Gasteiger partial charge in [-0.3, -0.25) is 13.9 Å². The second kappa shape index (κ2) is 7.94. The highest BCUT2D eigenvalue weighted by Gasteiger charge is 2.21. The van der Waals surface area contributed by atoms with Gasteiger partial charge in [-0.2, -0.15) is 0 Å². The first kappa shape index (κ1) is 18.7. The number of carbonyl (C=O) groups is 2. The summed E-state index contributed by atoms with van der Waals surface area (Å²) in [7, 11) is -3.68. The zero-order valence-corrected chi connectivity index (χ0v) is 14.9. The minimum absolute atomic E-state index is 0.177. The van der Waals surface area contributed by atoms with E-state index in [1.54, 1.807) is 18.2 Å². The Morgan fingerprint density at radius 3 is 2.32 bits per heavy atom. The maximum absolute atomic E-state index is 12.2. The van der Waals surface area contributed by atoms with E-state index < -0.39 is 15.9 Å². The van der Waals surface area contributed by atoms with Crippen LogP contribution in [0.2, 0.25) is 0 Å². The standard InChI is InChI=1S/C18H20N2O4S/c1-14(21)16-9-6-10-17(11-16)20(25(2,23)24)13-18(22)19-12-15-7-4-3-5-8-15/h3-11H,12-13H2,1-2H3,(H,19,22). The topological polar surface area (TPSA) is 83.6 Å². The number of carbonyl (C=O) groups excluding carboxylic acids is 2. The highest BCUT2D eigenvalue weighted by atomic mass is 32.2. The van der Waals surface area contributed by atoms with E-state index in [9.17, 15) is 18.0 Å². The molecule has 0 fully saturated rings. The van der Waals surface area contributed by atoms with Gasteiger partial charge in [0.05, 0.1) is 11.9 Å². The second-order valence-corrected chi connectivity index (χ2v) is 7.55. The predicted octanol–water partition coefficient (Wildman–Crippen LogP) is 1.97. The lowest BCUT2D eigenvalue weighted by molar-refractivity contribution is -0.119. The van der Waals surface area contributed by atoms with Crippen molar-refractivity contribution in [3.63, 3.8) is 0 Å². The number of Topliss-reactive ketones (excluding diaryl/α,β-unsaturated/α-hetero) is 1. The summed E-state index contributed by atoms with van der Waals surface area (Å²) in [6, 6.07) is 15.5. The maximum atomic E-state index is 12.2. The minimum atomic E-state index is -3.68. The van der Waals surface area contributed by atoms with Crippen LogP contribution in [0.25, 0.3) is 0 Å².